The fourth-order valence-electron chi connectivity index (χ4n) is 1.50. The monoisotopic (exact) mass is 129 g/mol. The molecule has 1 rings (SSSR count). The minimum Gasteiger partial charge on any atom is -0.303 e. The normalized spacial score (nSPS) is 22.3. The third kappa shape index (κ3) is 2.35. The Morgan fingerprint density at radius 2 is 1.89 bits per heavy atom. The van der Waals surface area contributed by atoms with E-state index in [9.17, 15) is 0 Å². The molecule has 1 heterocycles. The lowest BCUT2D eigenvalue weighted by Gasteiger charge is -2.25. The Morgan fingerprint density at radius 1 is 1.22 bits per heavy atom. The largest absolute Gasteiger partial charge is 0.303 e. The summed E-state index contributed by atoms with van der Waals surface area (Å²) in [5, 5.41) is 0. The molecule has 9 heavy (non-hydrogen) atoms. The molecule has 56 valence electrons. The summed E-state index contributed by atoms with van der Waals surface area (Å²) >= 11 is 0. The van der Waals surface area contributed by atoms with Gasteiger partial charge in [-0.05, 0) is 38.9 Å². The number of likely N-dealkylation sites (tertiary alicyclic amines) is 1. The van der Waals surface area contributed by atoms with Crippen LogP contribution in [0.1, 0.15) is 34.0 Å². The fourth-order valence-corrected chi connectivity index (χ4v) is 1.50. The van der Waals surface area contributed by atoms with Gasteiger partial charge >= 0.3 is 0 Å². The number of hydrogen-bond acceptors (Lipinski definition) is 1. The molecule has 1 aliphatic rings. The van der Waals surface area contributed by atoms with E-state index in [2.05, 4.69) is 11.8 Å². The second-order valence-electron chi connectivity index (χ2n) is 2.90. The van der Waals surface area contributed by atoms with Crippen molar-refractivity contribution in [2.24, 2.45) is 0 Å². The molecule has 0 aromatic rings. The lowest BCUT2D eigenvalue weighted by atomic mass is 10.1. The summed E-state index contributed by atoms with van der Waals surface area (Å²) in [6, 6.07) is 0. The molecule has 0 unspecified atom stereocenters. The molecule has 0 aromatic heterocycles. The maximum Gasteiger partial charge on any atom is 0 e. The molecule has 0 amide bonds. The van der Waals surface area contributed by atoms with Crippen molar-refractivity contribution in [3.8, 4) is 0 Å². The molecular formula is C8H19N. The maximum absolute atomic E-state index is 2.57. The van der Waals surface area contributed by atoms with Gasteiger partial charge in [0.1, 0.15) is 0 Å². The van der Waals surface area contributed by atoms with Gasteiger partial charge in [0, 0.05) is 1.43 Å². The Morgan fingerprint density at radius 3 is 2.44 bits per heavy atom. The van der Waals surface area contributed by atoms with Gasteiger partial charge < -0.3 is 4.90 Å². The first kappa shape index (κ1) is 7.07. The standard InChI is InChI=1S/C8H17N.H2/c1-2-6-9-7-4-3-5-8-9;/h2-8H2,1H3;1H. The van der Waals surface area contributed by atoms with Gasteiger partial charge in [0.25, 0.3) is 0 Å². The van der Waals surface area contributed by atoms with Crippen molar-refractivity contribution in [2.45, 2.75) is 32.6 Å². The smallest absolute Gasteiger partial charge is 0 e. The van der Waals surface area contributed by atoms with E-state index in [4.69, 9.17) is 0 Å². The Hall–Kier alpha value is -0.0400. The molecule has 0 radical (unpaired) electrons. The van der Waals surface area contributed by atoms with Crippen LogP contribution >= 0.6 is 0 Å². The minimum absolute atomic E-state index is 0. The summed E-state index contributed by atoms with van der Waals surface area (Å²) in [7, 11) is 0. The Balaban J connectivity index is 0.000000810. The van der Waals surface area contributed by atoms with Gasteiger partial charge in [-0.2, -0.15) is 0 Å². The van der Waals surface area contributed by atoms with E-state index in [0.29, 0.717) is 0 Å². The van der Waals surface area contributed by atoms with E-state index >= 15 is 0 Å². The van der Waals surface area contributed by atoms with Crippen molar-refractivity contribution in [2.75, 3.05) is 19.6 Å². The van der Waals surface area contributed by atoms with Crippen LogP contribution in [-0.4, -0.2) is 24.5 Å². The topological polar surface area (TPSA) is 3.24 Å². The summed E-state index contributed by atoms with van der Waals surface area (Å²) in [6.45, 7) is 6.29. The molecule has 1 saturated heterocycles. The van der Waals surface area contributed by atoms with Crippen molar-refractivity contribution in [3.05, 3.63) is 0 Å². The SMILES string of the molecule is CCCN1CCCCC1.[HH]. The molecule has 0 saturated carbocycles. The highest BCUT2D eigenvalue weighted by Gasteiger charge is 2.07. The van der Waals surface area contributed by atoms with Crippen LogP contribution in [0.15, 0.2) is 0 Å². The highest BCUT2D eigenvalue weighted by Crippen LogP contribution is 2.07. The Kier molecular flexibility index (Phi) is 3.05. The summed E-state index contributed by atoms with van der Waals surface area (Å²) in [5.74, 6) is 0. The molecular weight excluding hydrogens is 110 g/mol. The van der Waals surface area contributed by atoms with Gasteiger partial charge in [-0.25, -0.2) is 0 Å². The number of rotatable bonds is 2. The fraction of sp³-hybridized carbons (Fsp3) is 1.00. The second-order valence-corrected chi connectivity index (χ2v) is 2.90. The lowest BCUT2D eigenvalue weighted by molar-refractivity contribution is 0.229. The van der Waals surface area contributed by atoms with E-state index in [0.717, 1.165) is 0 Å². The van der Waals surface area contributed by atoms with E-state index in [1.54, 1.807) is 0 Å². The molecule has 0 spiro atoms. The van der Waals surface area contributed by atoms with Crippen LogP contribution in [0.25, 0.3) is 0 Å². The Labute approximate surface area is 59.5 Å². The quantitative estimate of drug-likeness (QED) is 0.552. The van der Waals surface area contributed by atoms with Gasteiger partial charge in [0.05, 0.1) is 0 Å². The number of nitrogens with zero attached hydrogens (tertiary/aromatic N) is 1. The third-order valence-electron chi connectivity index (χ3n) is 1.99. The molecule has 0 aromatic carbocycles. The molecule has 1 aliphatic heterocycles. The van der Waals surface area contributed by atoms with Crippen molar-refractivity contribution >= 4 is 0 Å². The van der Waals surface area contributed by atoms with Crippen LogP contribution in [0, 0.1) is 0 Å². The van der Waals surface area contributed by atoms with Gasteiger partial charge in [-0.1, -0.05) is 13.3 Å². The average Bonchev–Trinajstić information content (AvgIpc) is 1.91. The van der Waals surface area contributed by atoms with E-state index in [-0.39, 0.29) is 1.43 Å². The molecule has 0 N–H and O–H groups in total. The summed E-state index contributed by atoms with van der Waals surface area (Å²) < 4.78 is 0. The molecule has 1 heteroatoms. The first-order valence-corrected chi connectivity index (χ1v) is 4.16. The molecule has 0 bridgehead atoms. The predicted octanol–water partition coefficient (Wildman–Crippen LogP) is 2.13. The van der Waals surface area contributed by atoms with E-state index < -0.39 is 0 Å². The van der Waals surface area contributed by atoms with Crippen molar-refractivity contribution in [1.29, 1.82) is 0 Å². The summed E-state index contributed by atoms with van der Waals surface area (Å²) in [4.78, 5) is 2.57. The van der Waals surface area contributed by atoms with Crippen LogP contribution in [0.4, 0.5) is 0 Å². The zero-order valence-corrected chi connectivity index (χ0v) is 6.40. The first-order chi connectivity index (χ1) is 4.43. The second kappa shape index (κ2) is 3.89. The number of piperidine rings is 1. The maximum atomic E-state index is 2.57. The highest BCUT2D eigenvalue weighted by atomic mass is 15.1. The zero-order valence-electron chi connectivity index (χ0n) is 6.40. The van der Waals surface area contributed by atoms with Crippen molar-refractivity contribution < 1.29 is 1.43 Å². The summed E-state index contributed by atoms with van der Waals surface area (Å²) in [5.41, 5.74) is 0. The minimum atomic E-state index is 0. The summed E-state index contributed by atoms with van der Waals surface area (Å²) in [6.07, 6.45) is 5.64. The molecule has 0 aliphatic carbocycles. The number of hydrogen-bond donors (Lipinski definition) is 0. The van der Waals surface area contributed by atoms with E-state index in [1.165, 1.54) is 45.3 Å². The highest BCUT2D eigenvalue weighted by molar-refractivity contribution is 4.62. The van der Waals surface area contributed by atoms with Crippen LogP contribution < -0.4 is 0 Å². The van der Waals surface area contributed by atoms with Crippen LogP contribution in [-0.2, 0) is 0 Å². The average molecular weight is 129 g/mol. The van der Waals surface area contributed by atoms with Gasteiger partial charge in [-0.15, -0.1) is 0 Å². The molecule has 1 nitrogen and oxygen atoms in total. The lowest BCUT2D eigenvalue weighted by Crippen LogP contribution is -2.30. The van der Waals surface area contributed by atoms with Gasteiger partial charge in [-0.3, -0.25) is 0 Å². The van der Waals surface area contributed by atoms with Gasteiger partial charge in [0.15, 0.2) is 0 Å². The molecule has 1 fully saturated rings. The van der Waals surface area contributed by atoms with Gasteiger partial charge in [0.2, 0.25) is 0 Å². The zero-order chi connectivity index (χ0) is 6.53. The Bertz CT molecular complexity index is 66.9. The van der Waals surface area contributed by atoms with Crippen LogP contribution in [0.5, 0.6) is 0 Å². The van der Waals surface area contributed by atoms with Crippen molar-refractivity contribution in [3.63, 3.8) is 0 Å². The third-order valence-corrected chi connectivity index (χ3v) is 1.99. The predicted molar refractivity (Wildman–Crippen MR) is 42.7 cm³/mol. The van der Waals surface area contributed by atoms with Crippen molar-refractivity contribution in [1.82, 2.24) is 4.90 Å². The van der Waals surface area contributed by atoms with Crippen LogP contribution in [0.3, 0.4) is 0 Å². The van der Waals surface area contributed by atoms with E-state index in [1.807, 2.05) is 0 Å². The molecule has 0 atom stereocenters. The first-order valence-electron chi connectivity index (χ1n) is 4.16. The van der Waals surface area contributed by atoms with Crippen LogP contribution in [0.2, 0.25) is 0 Å².